The van der Waals surface area contributed by atoms with Crippen LogP contribution >= 0.6 is 11.8 Å². The van der Waals surface area contributed by atoms with Gasteiger partial charge in [0.25, 0.3) is 11.8 Å². The summed E-state index contributed by atoms with van der Waals surface area (Å²) in [6.45, 7) is 2.89. The average Bonchev–Trinajstić information content (AvgIpc) is 2.86. The number of nitrogens with one attached hydrogen (secondary N) is 1. The van der Waals surface area contributed by atoms with Gasteiger partial charge in [-0.05, 0) is 48.9 Å². The number of anilines is 1. The maximum atomic E-state index is 12.9. The molecule has 0 fully saturated rings. The number of benzene rings is 1. The molecule has 0 radical (unpaired) electrons. The highest BCUT2D eigenvalue weighted by Gasteiger charge is 2.27. The third-order valence-corrected chi connectivity index (χ3v) is 5.50. The van der Waals surface area contributed by atoms with Crippen LogP contribution in [0.1, 0.15) is 33.3 Å². The minimum Gasteiger partial charge on any atom is -0.347 e. The zero-order valence-electron chi connectivity index (χ0n) is 15.3. The molecule has 1 aliphatic rings. The summed E-state index contributed by atoms with van der Waals surface area (Å²) >= 11 is 1.47. The highest BCUT2D eigenvalue weighted by Crippen LogP contribution is 2.40. The van der Waals surface area contributed by atoms with Gasteiger partial charge >= 0.3 is 0 Å². The molecule has 28 heavy (non-hydrogen) atoms. The van der Waals surface area contributed by atoms with E-state index in [1.807, 2.05) is 25.1 Å². The standard InChI is InChI=1S/C21H18N4O2S/c1-2-25-17-9-8-14(13-24-19(26)16-7-3-4-10-22-16)12-18(17)28-20-15(21(25)27)6-5-11-23-20/h3-12H,2,13H2,1H3,(H,24,26). The Morgan fingerprint density at radius 2 is 1.96 bits per heavy atom. The first-order chi connectivity index (χ1) is 13.7. The molecule has 1 aromatic carbocycles. The van der Waals surface area contributed by atoms with Crippen molar-refractivity contribution in [1.82, 2.24) is 15.3 Å². The van der Waals surface area contributed by atoms with E-state index < -0.39 is 0 Å². The van der Waals surface area contributed by atoms with E-state index in [1.165, 1.54) is 11.8 Å². The van der Waals surface area contributed by atoms with Gasteiger partial charge in [-0.2, -0.15) is 0 Å². The van der Waals surface area contributed by atoms with Crippen LogP contribution in [0.5, 0.6) is 0 Å². The van der Waals surface area contributed by atoms with E-state index in [9.17, 15) is 9.59 Å². The second-order valence-electron chi connectivity index (χ2n) is 6.21. The normalized spacial score (nSPS) is 12.8. The van der Waals surface area contributed by atoms with E-state index in [0.29, 0.717) is 29.4 Å². The number of hydrogen-bond donors (Lipinski definition) is 1. The Morgan fingerprint density at radius 3 is 2.75 bits per heavy atom. The van der Waals surface area contributed by atoms with Gasteiger partial charge in [0.2, 0.25) is 0 Å². The van der Waals surface area contributed by atoms with Crippen molar-refractivity contribution in [2.24, 2.45) is 0 Å². The Labute approximate surface area is 167 Å². The summed E-state index contributed by atoms with van der Waals surface area (Å²) in [5.41, 5.74) is 2.79. The second-order valence-corrected chi connectivity index (χ2v) is 7.24. The predicted molar refractivity (Wildman–Crippen MR) is 108 cm³/mol. The van der Waals surface area contributed by atoms with Crippen LogP contribution in [-0.2, 0) is 6.54 Å². The van der Waals surface area contributed by atoms with Crippen LogP contribution in [0.25, 0.3) is 0 Å². The van der Waals surface area contributed by atoms with Crippen molar-refractivity contribution < 1.29 is 9.59 Å². The molecule has 0 unspecified atom stereocenters. The molecule has 7 heteroatoms. The number of rotatable bonds is 4. The third kappa shape index (κ3) is 3.48. The number of hydrogen-bond acceptors (Lipinski definition) is 5. The second kappa shape index (κ2) is 7.82. The summed E-state index contributed by atoms with van der Waals surface area (Å²) in [6, 6.07) is 14.7. The van der Waals surface area contributed by atoms with Gasteiger partial charge in [-0.15, -0.1) is 0 Å². The van der Waals surface area contributed by atoms with Crippen LogP contribution in [0.2, 0.25) is 0 Å². The van der Waals surface area contributed by atoms with E-state index in [4.69, 9.17) is 0 Å². The van der Waals surface area contributed by atoms with Crippen LogP contribution < -0.4 is 10.2 Å². The number of carbonyl (C=O) groups excluding carboxylic acids is 2. The van der Waals surface area contributed by atoms with Gasteiger partial charge in [-0.25, -0.2) is 4.98 Å². The first-order valence-electron chi connectivity index (χ1n) is 8.94. The molecule has 4 rings (SSSR count). The molecule has 140 valence electrons. The Kier molecular flexibility index (Phi) is 5.08. The fourth-order valence-electron chi connectivity index (χ4n) is 3.05. The van der Waals surface area contributed by atoms with Crippen molar-refractivity contribution in [1.29, 1.82) is 0 Å². The summed E-state index contributed by atoms with van der Waals surface area (Å²) < 4.78 is 0. The number of carbonyl (C=O) groups is 2. The van der Waals surface area contributed by atoms with Crippen molar-refractivity contribution in [2.45, 2.75) is 23.4 Å². The molecule has 1 aliphatic heterocycles. The van der Waals surface area contributed by atoms with Crippen molar-refractivity contribution in [3.05, 3.63) is 77.7 Å². The molecule has 0 saturated heterocycles. The molecule has 0 atom stereocenters. The van der Waals surface area contributed by atoms with E-state index in [2.05, 4.69) is 15.3 Å². The number of fused-ring (bicyclic) bond motifs is 2. The fourth-order valence-corrected chi connectivity index (χ4v) is 4.13. The van der Waals surface area contributed by atoms with Crippen molar-refractivity contribution in [3.8, 4) is 0 Å². The summed E-state index contributed by atoms with van der Waals surface area (Å²) in [5.74, 6) is -0.270. The van der Waals surface area contributed by atoms with Crippen LogP contribution in [0.15, 0.2) is 70.8 Å². The maximum Gasteiger partial charge on any atom is 0.270 e. The zero-order valence-corrected chi connectivity index (χ0v) is 16.1. The quantitative estimate of drug-likeness (QED) is 0.738. The summed E-state index contributed by atoms with van der Waals surface area (Å²) in [5, 5.41) is 3.58. The Hall–Kier alpha value is -3.19. The minimum absolute atomic E-state index is 0.0481. The van der Waals surface area contributed by atoms with Crippen molar-refractivity contribution in [3.63, 3.8) is 0 Å². The molecule has 0 bridgehead atoms. The zero-order chi connectivity index (χ0) is 19.5. The highest BCUT2D eigenvalue weighted by atomic mass is 32.2. The summed E-state index contributed by atoms with van der Waals surface area (Å²) in [7, 11) is 0. The highest BCUT2D eigenvalue weighted by molar-refractivity contribution is 7.99. The van der Waals surface area contributed by atoms with Gasteiger partial charge in [-0.1, -0.05) is 23.9 Å². The maximum absolute atomic E-state index is 12.9. The van der Waals surface area contributed by atoms with Gasteiger partial charge in [0.1, 0.15) is 10.7 Å². The predicted octanol–water partition coefficient (Wildman–Crippen LogP) is 3.54. The van der Waals surface area contributed by atoms with Gasteiger partial charge in [0, 0.05) is 30.4 Å². The summed E-state index contributed by atoms with van der Waals surface area (Å²) in [6.07, 6.45) is 3.28. The monoisotopic (exact) mass is 390 g/mol. The molecule has 2 aromatic heterocycles. The van der Waals surface area contributed by atoms with E-state index >= 15 is 0 Å². The molecular formula is C21H18N4O2S. The molecule has 3 aromatic rings. The molecule has 2 amide bonds. The van der Waals surface area contributed by atoms with Crippen LogP contribution in [0.3, 0.4) is 0 Å². The number of aromatic nitrogens is 2. The molecular weight excluding hydrogens is 372 g/mol. The van der Waals surface area contributed by atoms with Gasteiger partial charge in [0.15, 0.2) is 0 Å². The van der Waals surface area contributed by atoms with Crippen molar-refractivity contribution in [2.75, 3.05) is 11.4 Å². The Morgan fingerprint density at radius 1 is 1.11 bits per heavy atom. The third-order valence-electron chi connectivity index (χ3n) is 4.44. The van der Waals surface area contributed by atoms with Crippen LogP contribution in [-0.4, -0.2) is 28.3 Å². The van der Waals surface area contributed by atoms with E-state index in [0.717, 1.165) is 16.1 Å². The molecule has 3 heterocycles. The minimum atomic E-state index is -0.222. The largest absolute Gasteiger partial charge is 0.347 e. The lowest BCUT2D eigenvalue weighted by atomic mass is 10.1. The lowest BCUT2D eigenvalue weighted by Crippen LogP contribution is -2.30. The van der Waals surface area contributed by atoms with E-state index in [1.54, 1.807) is 47.6 Å². The number of amides is 2. The van der Waals surface area contributed by atoms with Crippen molar-refractivity contribution >= 4 is 29.3 Å². The number of pyridine rings is 2. The smallest absolute Gasteiger partial charge is 0.270 e. The SMILES string of the molecule is CCN1C(=O)c2cccnc2Sc2cc(CNC(=O)c3ccccn3)ccc21. The fraction of sp³-hybridized carbons (Fsp3) is 0.143. The molecule has 0 saturated carbocycles. The topological polar surface area (TPSA) is 75.2 Å². The van der Waals surface area contributed by atoms with Gasteiger partial charge in [0.05, 0.1) is 11.3 Å². The van der Waals surface area contributed by atoms with Crippen LogP contribution in [0, 0.1) is 0 Å². The summed E-state index contributed by atoms with van der Waals surface area (Å²) in [4.78, 5) is 36.3. The first kappa shape index (κ1) is 18.2. The van der Waals surface area contributed by atoms with Gasteiger partial charge in [-0.3, -0.25) is 14.6 Å². The lowest BCUT2D eigenvalue weighted by molar-refractivity contribution is 0.0944. The van der Waals surface area contributed by atoms with Crippen LogP contribution in [0.4, 0.5) is 5.69 Å². The lowest BCUT2D eigenvalue weighted by Gasteiger charge is -2.21. The van der Waals surface area contributed by atoms with E-state index in [-0.39, 0.29) is 11.8 Å². The first-order valence-corrected chi connectivity index (χ1v) is 9.76. The number of nitrogens with zero attached hydrogens (tertiary/aromatic N) is 3. The Balaban J connectivity index is 1.60. The molecule has 1 N–H and O–H groups in total. The molecule has 6 nitrogen and oxygen atoms in total. The Bertz CT molecular complexity index is 1040. The molecule has 0 spiro atoms. The average molecular weight is 390 g/mol. The van der Waals surface area contributed by atoms with Gasteiger partial charge < -0.3 is 10.2 Å². The molecule has 0 aliphatic carbocycles.